The third kappa shape index (κ3) is 3.78. The summed E-state index contributed by atoms with van der Waals surface area (Å²) in [5.41, 5.74) is 1.78. The fourth-order valence-electron chi connectivity index (χ4n) is 3.57. The van der Waals surface area contributed by atoms with Gasteiger partial charge in [-0.1, -0.05) is 29.8 Å². The van der Waals surface area contributed by atoms with Crippen molar-refractivity contribution in [3.63, 3.8) is 0 Å². The Morgan fingerprint density at radius 1 is 0.969 bits per heavy atom. The van der Waals surface area contributed by atoms with Crippen LogP contribution in [-0.2, 0) is 12.7 Å². The predicted octanol–water partition coefficient (Wildman–Crippen LogP) is 5.93. The van der Waals surface area contributed by atoms with Crippen LogP contribution in [0.2, 0.25) is 5.02 Å². The van der Waals surface area contributed by atoms with E-state index >= 15 is 0 Å². The molecule has 0 fully saturated rings. The van der Waals surface area contributed by atoms with Crippen molar-refractivity contribution < 1.29 is 22.1 Å². The molecule has 2 aromatic carbocycles. The normalized spacial score (nSPS) is 12.0. The number of alkyl halides is 3. The molecule has 5 rings (SSSR count). The molecule has 3 aromatic heterocycles. The highest BCUT2D eigenvalue weighted by molar-refractivity contribution is 6.35. The van der Waals surface area contributed by atoms with E-state index in [1.165, 1.54) is 12.1 Å². The van der Waals surface area contributed by atoms with Crippen LogP contribution in [0.5, 0.6) is 0 Å². The van der Waals surface area contributed by atoms with Crippen molar-refractivity contribution in [1.82, 2.24) is 15.0 Å². The van der Waals surface area contributed by atoms with E-state index in [-0.39, 0.29) is 16.4 Å². The summed E-state index contributed by atoms with van der Waals surface area (Å²) in [5.74, 6) is 0.0645. The molecule has 160 valence electrons. The van der Waals surface area contributed by atoms with Crippen LogP contribution in [0.25, 0.3) is 33.3 Å². The molecule has 5 aromatic rings. The summed E-state index contributed by atoms with van der Waals surface area (Å²) in [5, 5.41) is 0.440. The largest absolute Gasteiger partial charge is 0.433 e. The first-order valence-electron chi connectivity index (χ1n) is 9.58. The molecular weight excluding hydrogens is 444 g/mol. The van der Waals surface area contributed by atoms with Crippen LogP contribution in [0.4, 0.5) is 17.6 Å². The lowest BCUT2D eigenvalue weighted by atomic mass is 10.1. The number of fused-ring (bicyclic) bond motifs is 2. The van der Waals surface area contributed by atoms with Gasteiger partial charge >= 0.3 is 6.18 Å². The molecule has 0 unspecified atom stereocenters. The van der Waals surface area contributed by atoms with Crippen LogP contribution >= 0.6 is 11.6 Å². The van der Waals surface area contributed by atoms with Gasteiger partial charge in [0.25, 0.3) is 0 Å². The number of nitrogens with one attached hydrogen (secondary N) is 1. The second-order valence-corrected chi connectivity index (χ2v) is 7.73. The highest BCUT2D eigenvalue weighted by Crippen LogP contribution is 2.33. The topological polar surface area (TPSA) is 45.5 Å². The molecule has 4 nitrogen and oxygen atoms in total. The third-order valence-electron chi connectivity index (χ3n) is 5.09. The summed E-state index contributed by atoms with van der Waals surface area (Å²) in [7, 11) is 0. The van der Waals surface area contributed by atoms with Crippen molar-refractivity contribution in [3.8, 4) is 11.4 Å². The van der Waals surface area contributed by atoms with Gasteiger partial charge in [-0.3, -0.25) is 0 Å². The predicted molar refractivity (Wildman–Crippen MR) is 113 cm³/mol. The molecule has 0 aliphatic rings. The molecular formula is C23H14ClF4N4+. The average molecular weight is 458 g/mol. The van der Waals surface area contributed by atoms with Gasteiger partial charge in [0, 0.05) is 17.0 Å². The van der Waals surface area contributed by atoms with E-state index in [9.17, 15) is 17.6 Å². The van der Waals surface area contributed by atoms with Crippen LogP contribution in [0.1, 0.15) is 11.3 Å². The average Bonchev–Trinajstić information content (AvgIpc) is 3.17. The van der Waals surface area contributed by atoms with Crippen molar-refractivity contribution in [1.29, 1.82) is 0 Å². The SMILES string of the molecule is Fc1ccccc1-c1nc2cc[n+](Cc3ccc4nc(C(F)(F)F)cc(Cl)c4c3)cc2[nH]1. The zero-order valence-electron chi connectivity index (χ0n) is 16.3. The van der Waals surface area contributed by atoms with Gasteiger partial charge in [-0.25, -0.2) is 14.4 Å². The minimum Gasteiger partial charge on any atom is -0.333 e. The Bertz CT molecular complexity index is 1480. The number of aromatic nitrogens is 4. The minimum absolute atomic E-state index is 0.00674. The van der Waals surface area contributed by atoms with Gasteiger partial charge in [0.15, 0.2) is 18.9 Å². The van der Waals surface area contributed by atoms with Gasteiger partial charge in [-0.15, -0.1) is 0 Å². The summed E-state index contributed by atoms with van der Waals surface area (Å²) in [4.78, 5) is 11.2. The summed E-state index contributed by atoms with van der Waals surface area (Å²) < 4.78 is 54.9. The van der Waals surface area contributed by atoms with Gasteiger partial charge in [0.1, 0.15) is 28.4 Å². The second kappa shape index (κ2) is 7.56. The minimum atomic E-state index is -4.56. The van der Waals surface area contributed by atoms with Crippen molar-refractivity contribution >= 4 is 33.5 Å². The lowest BCUT2D eigenvalue weighted by Gasteiger charge is -2.09. The monoisotopic (exact) mass is 457 g/mol. The molecule has 1 N–H and O–H groups in total. The molecule has 0 saturated carbocycles. The summed E-state index contributed by atoms with van der Waals surface area (Å²) in [6, 6.07) is 14.0. The first-order valence-corrected chi connectivity index (χ1v) is 9.96. The van der Waals surface area contributed by atoms with E-state index in [2.05, 4.69) is 15.0 Å². The Balaban J connectivity index is 1.47. The number of hydrogen-bond acceptors (Lipinski definition) is 2. The maximum absolute atomic E-state index is 14.1. The van der Waals surface area contributed by atoms with Crippen molar-refractivity contribution in [2.75, 3.05) is 0 Å². The molecule has 0 atom stereocenters. The number of aromatic amines is 1. The second-order valence-electron chi connectivity index (χ2n) is 7.32. The van der Waals surface area contributed by atoms with E-state index in [4.69, 9.17) is 11.6 Å². The van der Waals surface area contributed by atoms with Gasteiger partial charge < -0.3 is 4.98 Å². The highest BCUT2D eigenvalue weighted by atomic mass is 35.5. The number of H-pyrrole nitrogens is 1. The van der Waals surface area contributed by atoms with Crippen LogP contribution in [0.3, 0.4) is 0 Å². The van der Waals surface area contributed by atoms with Gasteiger partial charge in [0.05, 0.1) is 16.1 Å². The van der Waals surface area contributed by atoms with E-state index in [1.807, 2.05) is 17.0 Å². The first-order chi connectivity index (χ1) is 15.3. The van der Waals surface area contributed by atoms with Gasteiger partial charge in [-0.05, 0) is 30.3 Å². The van der Waals surface area contributed by atoms with E-state index in [0.29, 0.717) is 28.8 Å². The maximum Gasteiger partial charge on any atom is 0.433 e. The van der Waals surface area contributed by atoms with Gasteiger partial charge in [0.2, 0.25) is 0 Å². The number of pyridine rings is 2. The zero-order chi connectivity index (χ0) is 22.5. The molecule has 0 saturated heterocycles. The lowest BCUT2D eigenvalue weighted by molar-refractivity contribution is -0.687. The molecule has 3 heterocycles. The molecule has 32 heavy (non-hydrogen) atoms. The number of imidazole rings is 1. The Morgan fingerprint density at radius 2 is 1.78 bits per heavy atom. The Labute approximate surface area is 184 Å². The molecule has 0 amide bonds. The van der Waals surface area contributed by atoms with Crippen LogP contribution in [0.15, 0.2) is 67.0 Å². The zero-order valence-corrected chi connectivity index (χ0v) is 17.0. The van der Waals surface area contributed by atoms with Crippen molar-refractivity contribution in [2.24, 2.45) is 0 Å². The van der Waals surface area contributed by atoms with Crippen LogP contribution in [-0.4, -0.2) is 15.0 Å². The fourth-order valence-corrected chi connectivity index (χ4v) is 3.82. The number of halogens is 5. The van der Waals surface area contributed by atoms with Crippen LogP contribution < -0.4 is 4.57 Å². The highest BCUT2D eigenvalue weighted by Gasteiger charge is 2.33. The third-order valence-corrected chi connectivity index (χ3v) is 5.40. The van der Waals surface area contributed by atoms with Gasteiger partial charge in [-0.2, -0.15) is 17.7 Å². The van der Waals surface area contributed by atoms with E-state index in [0.717, 1.165) is 17.1 Å². The number of hydrogen-bond donors (Lipinski definition) is 1. The van der Waals surface area contributed by atoms with Crippen LogP contribution in [0, 0.1) is 5.82 Å². The molecule has 0 spiro atoms. The van der Waals surface area contributed by atoms with Crippen molar-refractivity contribution in [3.05, 3.63) is 89.1 Å². The van der Waals surface area contributed by atoms with Crippen molar-refractivity contribution in [2.45, 2.75) is 12.7 Å². The molecule has 0 radical (unpaired) electrons. The Kier molecular flexibility index (Phi) is 4.82. The Morgan fingerprint density at radius 3 is 2.56 bits per heavy atom. The fraction of sp³-hybridized carbons (Fsp3) is 0.0870. The number of nitrogens with zero attached hydrogens (tertiary/aromatic N) is 3. The Hall–Kier alpha value is -3.52. The smallest absolute Gasteiger partial charge is 0.333 e. The van der Waals surface area contributed by atoms with E-state index < -0.39 is 11.9 Å². The summed E-state index contributed by atoms with van der Waals surface area (Å²) >= 11 is 6.10. The number of rotatable bonds is 3. The standard InChI is InChI=1S/C23H13ClF4N4/c24-16-10-21(23(26,27)28)29-18-6-5-13(9-15(16)18)11-32-8-7-19-20(12-32)31-22(30-19)14-3-1-2-4-17(14)25/h1-10,12H,11H2/p+1. The molecule has 0 aliphatic carbocycles. The van der Waals surface area contributed by atoms with E-state index in [1.54, 1.807) is 36.4 Å². The molecule has 9 heteroatoms. The lowest BCUT2D eigenvalue weighted by Crippen LogP contribution is -2.33. The molecule has 0 bridgehead atoms. The number of benzene rings is 2. The maximum atomic E-state index is 14.1. The summed E-state index contributed by atoms with van der Waals surface area (Å²) in [6.45, 7) is 0.442. The molecule has 0 aliphatic heterocycles. The quantitative estimate of drug-likeness (QED) is 0.270. The summed E-state index contributed by atoms with van der Waals surface area (Å²) in [6.07, 6.45) is -0.901. The first kappa shape index (κ1) is 20.4.